The normalized spacial score (nSPS) is 14.9. The number of alkyl halides is 3. The molecule has 0 spiro atoms. The largest absolute Gasteiger partial charge is 0.416 e. The number of H-pyrrole nitrogens is 1. The average Bonchev–Trinajstić information content (AvgIpc) is 3.19. The van der Waals surface area contributed by atoms with Crippen LogP contribution in [0.1, 0.15) is 17.8 Å². The maximum atomic E-state index is 12.9. The van der Waals surface area contributed by atoms with Gasteiger partial charge in [0.15, 0.2) is 0 Å². The van der Waals surface area contributed by atoms with Gasteiger partial charge in [0.2, 0.25) is 0 Å². The number of nitrogens with zero attached hydrogens (tertiary/aromatic N) is 3. The van der Waals surface area contributed by atoms with E-state index in [0.717, 1.165) is 36.5 Å². The van der Waals surface area contributed by atoms with Crippen molar-refractivity contribution in [1.82, 2.24) is 15.0 Å². The number of imidazole rings is 1. The fourth-order valence-corrected chi connectivity index (χ4v) is 3.13. The molecule has 138 valence electrons. The lowest BCUT2D eigenvalue weighted by Crippen LogP contribution is -2.29. The van der Waals surface area contributed by atoms with Crippen molar-refractivity contribution in [3.05, 3.63) is 72.3 Å². The van der Waals surface area contributed by atoms with Crippen molar-refractivity contribution in [1.29, 1.82) is 0 Å². The maximum Gasteiger partial charge on any atom is 0.416 e. The first-order chi connectivity index (χ1) is 13.0. The summed E-state index contributed by atoms with van der Waals surface area (Å²) in [5, 5.41) is 0. The van der Waals surface area contributed by atoms with Gasteiger partial charge in [-0.3, -0.25) is 0 Å². The minimum atomic E-state index is -4.36. The van der Waals surface area contributed by atoms with Crippen LogP contribution in [-0.4, -0.2) is 28.0 Å². The molecule has 2 aromatic heterocycles. The Balaban J connectivity index is 1.53. The zero-order valence-electron chi connectivity index (χ0n) is 14.4. The van der Waals surface area contributed by atoms with Gasteiger partial charge in [-0.15, -0.1) is 0 Å². The van der Waals surface area contributed by atoms with E-state index in [4.69, 9.17) is 0 Å². The van der Waals surface area contributed by atoms with Crippen molar-refractivity contribution in [3.8, 4) is 11.3 Å². The molecule has 3 aromatic rings. The molecule has 0 amide bonds. The molecule has 0 saturated carbocycles. The van der Waals surface area contributed by atoms with Crippen molar-refractivity contribution < 1.29 is 13.2 Å². The highest BCUT2D eigenvalue weighted by Gasteiger charge is 2.30. The summed E-state index contributed by atoms with van der Waals surface area (Å²) in [5.74, 6) is 1.62. The van der Waals surface area contributed by atoms with Crippen molar-refractivity contribution in [2.75, 3.05) is 18.0 Å². The summed E-state index contributed by atoms with van der Waals surface area (Å²) in [7, 11) is 0. The first kappa shape index (κ1) is 17.3. The molecule has 3 heterocycles. The Labute approximate surface area is 154 Å². The summed E-state index contributed by atoms with van der Waals surface area (Å²) >= 11 is 0. The van der Waals surface area contributed by atoms with E-state index in [-0.39, 0.29) is 0 Å². The molecule has 27 heavy (non-hydrogen) atoms. The van der Waals surface area contributed by atoms with E-state index in [1.165, 1.54) is 6.07 Å². The van der Waals surface area contributed by atoms with Crippen LogP contribution in [0.15, 0.2) is 60.9 Å². The first-order valence-corrected chi connectivity index (χ1v) is 8.59. The van der Waals surface area contributed by atoms with Crippen molar-refractivity contribution >= 4 is 11.4 Å². The lowest BCUT2D eigenvalue weighted by atomic mass is 10.1. The molecular formula is C20H17F3N4. The van der Waals surface area contributed by atoms with Gasteiger partial charge in [0.1, 0.15) is 11.6 Å². The van der Waals surface area contributed by atoms with Crippen LogP contribution in [0.2, 0.25) is 0 Å². The molecule has 4 rings (SSSR count). The van der Waals surface area contributed by atoms with Gasteiger partial charge in [-0.1, -0.05) is 24.3 Å². The van der Waals surface area contributed by atoms with E-state index in [1.807, 2.05) is 18.2 Å². The Hall–Kier alpha value is -3.09. The van der Waals surface area contributed by atoms with Crippen LogP contribution in [0.3, 0.4) is 0 Å². The molecule has 1 N–H and O–H groups in total. The molecular weight excluding hydrogens is 353 g/mol. The van der Waals surface area contributed by atoms with Gasteiger partial charge in [-0.25, -0.2) is 9.97 Å². The second kappa shape index (κ2) is 6.90. The van der Waals surface area contributed by atoms with E-state index < -0.39 is 11.7 Å². The molecule has 1 aromatic carbocycles. The van der Waals surface area contributed by atoms with Crippen LogP contribution in [0, 0.1) is 0 Å². The molecule has 0 radical (unpaired) electrons. The van der Waals surface area contributed by atoms with Crippen LogP contribution in [0.25, 0.3) is 16.8 Å². The Morgan fingerprint density at radius 3 is 2.63 bits per heavy atom. The molecule has 0 unspecified atom stereocenters. The predicted molar refractivity (Wildman–Crippen MR) is 98.1 cm³/mol. The van der Waals surface area contributed by atoms with Crippen molar-refractivity contribution in [3.63, 3.8) is 0 Å². The highest BCUT2D eigenvalue weighted by molar-refractivity contribution is 5.67. The monoisotopic (exact) mass is 370 g/mol. The third-order valence-electron chi connectivity index (χ3n) is 4.56. The summed E-state index contributed by atoms with van der Waals surface area (Å²) in [6.07, 6.45) is 1.85. The lowest BCUT2D eigenvalue weighted by molar-refractivity contribution is -0.137. The number of rotatable bonds is 3. The lowest BCUT2D eigenvalue weighted by Gasteiger charge is -2.26. The van der Waals surface area contributed by atoms with E-state index in [2.05, 4.69) is 25.9 Å². The number of halogens is 3. The Kier molecular flexibility index (Phi) is 4.43. The van der Waals surface area contributed by atoms with E-state index in [1.54, 1.807) is 18.5 Å². The molecule has 0 bridgehead atoms. The summed E-state index contributed by atoms with van der Waals surface area (Å²) in [6, 6.07) is 11.1. The number of aromatic nitrogens is 3. The van der Waals surface area contributed by atoms with Gasteiger partial charge >= 0.3 is 6.18 Å². The van der Waals surface area contributed by atoms with E-state index >= 15 is 0 Å². The van der Waals surface area contributed by atoms with Gasteiger partial charge in [0.05, 0.1) is 17.5 Å². The average molecular weight is 370 g/mol. The number of anilines is 1. The topological polar surface area (TPSA) is 44.8 Å². The molecule has 1 aliphatic rings. The van der Waals surface area contributed by atoms with Crippen LogP contribution < -0.4 is 4.90 Å². The van der Waals surface area contributed by atoms with Crippen molar-refractivity contribution in [2.45, 2.75) is 12.6 Å². The van der Waals surface area contributed by atoms with Gasteiger partial charge in [-0.2, -0.15) is 13.2 Å². The number of benzene rings is 1. The van der Waals surface area contributed by atoms with Gasteiger partial charge < -0.3 is 9.88 Å². The van der Waals surface area contributed by atoms with Gasteiger partial charge in [0, 0.05) is 24.8 Å². The zero-order chi connectivity index (χ0) is 18.9. The first-order valence-electron chi connectivity index (χ1n) is 8.59. The SMILES string of the molecule is FC(F)(F)c1cccc(-c2cnc(C3=CCN(c4ccccn4)CC3)[nH]2)c1. The number of aromatic amines is 1. The maximum absolute atomic E-state index is 12.9. The summed E-state index contributed by atoms with van der Waals surface area (Å²) in [5.41, 5.74) is 1.43. The molecule has 0 atom stereocenters. The summed E-state index contributed by atoms with van der Waals surface area (Å²) in [4.78, 5) is 14.0. The van der Waals surface area contributed by atoms with E-state index in [9.17, 15) is 13.2 Å². The quantitative estimate of drug-likeness (QED) is 0.721. The fraction of sp³-hybridized carbons (Fsp3) is 0.200. The van der Waals surface area contributed by atoms with Crippen LogP contribution >= 0.6 is 0 Å². The third kappa shape index (κ3) is 3.72. The second-order valence-corrected chi connectivity index (χ2v) is 6.34. The minimum Gasteiger partial charge on any atom is -0.353 e. The van der Waals surface area contributed by atoms with Crippen LogP contribution in [0.4, 0.5) is 19.0 Å². The number of pyridine rings is 1. The third-order valence-corrected chi connectivity index (χ3v) is 4.56. The molecule has 7 heteroatoms. The summed E-state index contributed by atoms with van der Waals surface area (Å²) in [6.45, 7) is 1.52. The minimum absolute atomic E-state index is 0.468. The molecule has 0 fully saturated rings. The van der Waals surface area contributed by atoms with Crippen LogP contribution in [0.5, 0.6) is 0 Å². The van der Waals surface area contributed by atoms with E-state index in [0.29, 0.717) is 23.6 Å². The zero-order valence-corrected chi connectivity index (χ0v) is 14.4. The van der Waals surface area contributed by atoms with Gasteiger partial charge in [0.25, 0.3) is 0 Å². The standard InChI is InChI=1S/C20H17F3N4/c21-20(22,23)16-5-3-4-15(12-16)17-13-25-19(26-17)14-7-10-27(11-8-14)18-6-1-2-9-24-18/h1-7,9,12-13H,8,10-11H2,(H,25,26). The highest BCUT2D eigenvalue weighted by Crippen LogP contribution is 2.32. The Bertz CT molecular complexity index is 961. The smallest absolute Gasteiger partial charge is 0.353 e. The summed E-state index contributed by atoms with van der Waals surface area (Å²) < 4.78 is 38.7. The highest BCUT2D eigenvalue weighted by atomic mass is 19.4. The number of hydrogen-bond donors (Lipinski definition) is 1. The molecule has 1 aliphatic heterocycles. The molecule has 4 nitrogen and oxygen atoms in total. The molecule has 0 aliphatic carbocycles. The molecule has 0 saturated heterocycles. The Morgan fingerprint density at radius 2 is 1.93 bits per heavy atom. The predicted octanol–water partition coefficient (Wildman–Crippen LogP) is 4.78. The Morgan fingerprint density at radius 1 is 1.04 bits per heavy atom. The second-order valence-electron chi connectivity index (χ2n) is 6.34. The van der Waals surface area contributed by atoms with Gasteiger partial charge in [-0.05, 0) is 36.3 Å². The van der Waals surface area contributed by atoms with Crippen molar-refractivity contribution in [2.24, 2.45) is 0 Å². The van der Waals surface area contributed by atoms with Crippen LogP contribution in [-0.2, 0) is 6.18 Å². The number of nitrogens with one attached hydrogen (secondary N) is 1. The number of hydrogen-bond acceptors (Lipinski definition) is 3. The fourth-order valence-electron chi connectivity index (χ4n) is 3.13.